The molecule has 2 atom stereocenters. The SMILES string of the molecule is [CH2][C@H]1CN(C(c2ccccc2)(c2ccccc2)c2ccccc2)C[C@H](n2ccc(NC(=O)c3ccccc3)nc2=O)O1. The predicted octanol–water partition coefficient (Wildman–Crippen LogP) is 5.52. The van der Waals surface area contributed by atoms with Crippen LogP contribution in [0.15, 0.2) is 138 Å². The van der Waals surface area contributed by atoms with Crippen LogP contribution in [-0.2, 0) is 10.3 Å². The minimum absolute atomic E-state index is 0.177. The highest BCUT2D eigenvalue weighted by atomic mass is 16.5. The fraction of sp³-hybridized carbons (Fsp3) is 0.143. The van der Waals surface area contributed by atoms with E-state index in [1.165, 1.54) is 4.57 Å². The second kappa shape index (κ2) is 11.9. The van der Waals surface area contributed by atoms with Crippen molar-refractivity contribution < 1.29 is 9.53 Å². The molecule has 0 spiro atoms. The number of hydrogen-bond donors (Lipinski definition) is 1. The van der Waals surface area contributed by atoms with Gasteiger partial charge < -0.3 is 10.1 Å². The van der Waals surface area contributed by atoms with Crippen molar-refractivity contribution in [2.24, 2.45) is 0 Å². The maximum absolute atomic E-state index is 13.3. The van der Waals surface area contributed by atoms with Crippen LogP contribution in [0.1, 0.15) is 33.3 Å². The molecule has 2 heterocycles. The Morgan fingerprint density at radius 3 is 1.76 bits per heavy atom. The van der Waals surface area contributed by atoms with Crippen molar-refractivity contribution in [2.45, 2.75) is 17.9 Å². The molecule has 1 saturated heterocycles. The summed E-state index contributed by atoms with van der Waals surface area (Å²) in [6, 6.07) is 41.6. The van der Waals surface area contributed by atoms with Gasteiger partial charge in [0.2, 0.25) is 0 Å². The Hall–Kier alpha value is -4.85. The summed E-state index contributed by atoms with van der Waals surface area (Å²) in [5.41, 5.74) is 2.57. The van der Waals surface area contributed by atoms with Crippen LogP contribution in [0.3, 0.4) is 0 Å². The summed E-state index contributed by atoms with van der Waals surface area (Å²) in [4.78, 5) is 32.4. The van der Waals surface area contributed by atoms with Gasteiger partial charge in [0.15, 0.2) is 6.23 Å². The summed E-state index contributed by atoms with van der Waals surface area (Å²) in [5, 5.41) is 2.71. The molecule has 1 amide bonds. The molecule has 0 bridgehead atoms. The van der Waals surface area contributed by atoms with E-state index in [0.29, 0.717) is 18.7 Å². The summed E-state index contributed by atoms with van der Waals surface area (Å²) in [5.74, 6) is -0.160. The highest BCUT2D eigenvalue weighted by Crippen LogP contribution is 2.44. The van der Waals surface area contributed by atoms with Crippen LogP contribution in [0, 0.1) is 6.92 Å². The molecule has 1 radical (unpaired) electrons. The van der Waals surface area contributed by atoms with Crippen molar-refractivity contribution in [1.82, 2.24) is 14.5 Å². The molecule has 7 heteroatoms. The Bertz CT molecular complexity index is 1600. The van der Waals surface area contributed by atoms with Crippen molar-refractivity contribution in [3.8, 4) is 0 Å². The molecule has 1 fully saturated rings. The number of nitrogens with one attached hydrogen (secondary N) is 1. The van der Waals surface area contributed by atoms with E-state index >= 15 is 0 Å². The fourth-order valence-corrected chi connectivity index (χ4v) is 5.81. The summed E-state index contributed by atoms with van der Waals surface area (Å²) in [6.45, 7) is 5.20. The second-order valence-corrected chi connectivity index (χ2v) is 10.2. The number of anilines is 1. The quantitative estimate of drug-likeness (QED) is 0.268. The Balaban J connectivity index is 1.39. The molecule has 1 aliphatic rings. The minimum Gasteiger partial charge on any atom is -0.352 e. The van der Waals surface area contributed by atoms with E-state index < -0.39 is 23.6 Å². The molecule has 6 rings (SSSR count). The third kappa shape index (κ3) is 5.28. The number of carbonyl (C=O) groups excluding carboxylic acids is 1. The van der Waals surface area contributed by atoms with Gasteiger partial charge >= 0.3 is 5.69 Å². The maximum Gasteiger partial charge on any atom is 0.351 e. The first-order chi connectivity index (χ1) is 20.6. The molecule has 1 aliphatic heterocycles. The summed E-state index contributed by atoms with van der Waals surface area (Å²) in [7, 11) is 0. The molecular formula is C35H31N4O3. The van der Waals surface area contributed by atoms with Crippen molar-refractivity contribution >= 4 is 11.7 Å². The van der Waals surface area contributed by atoms with Crippen LogP contribution in [-0.4, -0.2) is 39.6 Å². The highest BCUT2D eigenvalue weighted by Gasteiger charge is 2.45. The number of carbonyl (C=O) groups is 1. The van der Waals surface area contributed by atoms with Gasteiger partial charge in [-0.05, 0) is 41.8 Å². The van der Waals surface area contributed by atoms with Crippen LogP contribution in [0.4, 0.5) is 5.82 Å². The van der Waals surface area contributed by atoms with Gasteiger partial charge in [0.1, 0.15) is 5.82 Å². The summed E-state index contributed by atoms with van der Waals surface area (Å²) < 4.78 is 7.73. The molecule has 209 valence electrons. The Kier molecular flexibility index (Phi) is 7.77. The average Bonchev–Trinajstić information content (AvgIpc) is 3.03. The number of morpholine rings is 1. The van der Waals surface area contributed by atoms with E-state index in [2.05, 4.69) is 58.5 Å². The summed E-state index contributed by atoms with van der Waals surface area (Å²) in [6.07, 6.45) is 0.533. The molecule has 42 heavy (non-hydrogen) atoms. The number of amides is 1. The molecule has 7 nitrogen and oxygen atoms in total. The van der Waals surface area contributed by atoms with E-state index in [0.717, 1.165) is 16.7 Å². The van der Waals surface area contributed by atoms with E-state index in [9.17, 15) is 9.59 Å². The van der Waals surface area contributed by atoms with Gasteiger partial charge in [-0.15, -0.1) is 0 Å². The highest BCUT2D eigenvalue weighted by molar-refractivity contribution is 6.03. The first kappa shape index (κ1) is 27.3. The van der Waals surface area contributed by atoms with Crippen LogP contribution in [0.2, 0.25) is 0 Å². The number of benzene rings is 4. The Morgan fingerprint density at radius 2 is 1.26 bits per heavy atom. The fourth-order valence-electron chi connectivity index (χ4n) is 5.81. The van der Waals surface area contributed by atoms with E-state index in [4.69, 9.17) is 4.74 Å². The topological polar surface area (TPSA) is 76.5 Å². The first-order valence-electron chi connectivity index (χ1n) is 13.9. The summed E-state index contributed by atoms with van der Waals surface area (Å²) >= 11 is 0. The van der Waals surface area contributed by atoms with E-state index in [1.807, 2.05) is 60.7 Å². The molecule has 0 aliphatic carbocycles. The zero-order valence-electron chi connectivity index (χ0n) is 23.0. The lowest BCUT2D eigenvalue weighted by Gasteiger charge is -2.50. The normalized spacial score (nSPS) is 17.5. The van der Waals surface area contributed by atoms with Gasteiger partial charge in [0, 0.05) is 24.8 Å². The van der Waals surface area contributed by atoms with Crippen LogP contribution >= 0.6 is 0 Å². The van der Waals surface area contributed by atoms with E-state index in [-0.39, 0.29) is 11.7 Å². The standard InChI is InChI=1S/C35H31N4O3/c1-26-24-38(25-32(42-26)39-23-22-31(37-34(39)41)36-33(40)27-14-6-2-7-15-27)35(28-16-8-3-9-17-28,29-18-10-4-11-19-29)30-20-12-5-13-21-30/h2-23,26,32H,1,24-25H2,(H,36,37,40,41)/t26-,32+/m0/s1. The van der Waals surface area contributed by atoms with Crippen molar-refractivity contribution in [3.63, 3.8) is 0 Å². The monoisotopic (exact) mass is 555 g/mol. The maximum atomic E-state index is 13.3. The van der Waals surface area contributed by atoms with Crippen molar-refractivity contribution in [3.05, 3.63) is 173 Å². The van der Waals surface area contributed by atoms with Gasteiger partial charge in [0.05, 0.1) is 11.6 Å². The van der Waals surface area contributed by atoms with Gasteiger partial charge in [-0.25, -0.2) is 4.79 Å². The molecule has 5 aromatic rings. The third-order valence-electron chi connectivity index (χ3n) is 7.62. The molecule has 0 unspecified atom stereocenters. The van der Waals surface area contributed by atoms with E-state index in [1.54, 1.807) is 36.5 Å². The van der Waals surface area contributed by atoms with Gasteiger partial charge in [-0.1, -0.05) is 109 Å². The molecular weight excluding hydrogens is 524 g/mol. The zero-order chi connectivity index (χ0) is 28.9. The molecule has 0 saturated carbocycles. The zero-order valence-corrected chi connectivity index (χ0v) is 23.0. The second-order valence-electron chi connectivity index (χ2n) is 10.2. The lowest BCUT2D eigenvalue weighted by Crippen LogP contribution is -2.57. The van der Waals surface area contributed by atoms with Gasteiger partial charge in [0.25, 0.3) is 5.91 Å². The Labute approximate surface area is 245 Å². The number of aromatic nitrogens is 2. The lowest BCUT2D eigenvalue weighted by atomic mass is 9.75. The molecule has 1 aromatic heterocycles. The van der Waals surface area contributed by atoms with Gasteiger partial charge in [-0.2, -0.15) is 4.98 Å². The Morgan fingerprint density at radius 1 is 0.762 bits per heavy atom. The van der Waals surface area contributed by atoms with Crippen molar-refractivity contribution in [1.29, 1.82) is 0 Å². The lowest BCUT2D eigenvalue weighted by molar-refractivity contribution is -0.122. The van der Waals surface area contributed by atoms with Crippen LogP contribution in [0.25, 0.3) is 0 Å². The minimum atomic E-state index is -0.678. The number of nitrogens with zero attached hydrogens (tertiary/aromatic N) is 3. The number of ether oxygens (including phenoxy) is 1. The smallest absolute Gasteiger partial charge is 0.351 e. The predicted molar refractivity (Wildman–Crippen MR) is 163 cm³/mol. The van der Waals surface area contributed by atoms with Crippen LogP contribution in [0.5, 0.6) is 0 Å². The van der Waals surface area contributed by atoms with Crippen molar-refractivity contribution in [2.75, 3.05) is 18.4 Å². The van der Waals surface area contributed by atoms with Crippen LogP contribution < -0.4 is 11.0 Å². The first-order valence-corrected chi connectivity index (χ1v) is 13.9. The third-order valence-corrected chi connectivity index (χ3v) is 7.62. The average molecular weight is 556 g/mol. The van der Waals surface area contributed by atoms with Gasteiger partial charge in [-0.3, -0.25) is 14.3 Å². The molecule has 1 N–H and O–H groups in total. The molecule has 4 aromatic carbocycles. The largest absolute Gasteiger partial charge is 0.352 e. The number of hydrogen-bond acceptors (Lipinski definition) is 5. The number of rotatable bonds is 7.